The monoisotopic (exact) mass is 434 g/mol. The van der Waals surface area contributed by atoms with E-state index in [-0.39, 0.29) is 24.0 Å². The van der Waals surface area contributed by atoms with Crippen LogP contribution in [-0.4, -0.2) is 53.9 Å². The lowest BCUT2D eigenvalue weighted by Gasteiger charge is -2.29. The summed E-state index contributed by atoms with van der Waals surface area (Å²) >= 11 is 0. The second-order valence-corrected chi connectivity index (χ2v) is 6.22. The Morgan fingerprint density at radius 1 is 1.30 bits per heavy atom. The molecule has 1 aromatic heterocycles. The SMILES string of the molecule is CN=C(NCc1ccnn1C)NCC(C)CN1CCCCC1.I. The number of halogens is 1. The molecule has 0 amide bonds. The summed E-state index contributed by atoms with van der Waals surface area (Å²) in [6.07, 6.45) is 5.92. The molecule has 1 atom stereocenters. The van der Waals surface area contributed by atoms with Gasteiger partial charge in [-0.2, -0.15) is 5.10 Å². The van der Waals surface area contributed by atoms with Crippen molar-refractivity contribution in [2.24, 2.45) is 18.0 Å². The van der Waals surface area contributed by atoms with Crippen molar-refractivity contribution in [3.05, 3.63) is 18.0 Å². The van der Waals surface area contributed by atoms with Gasteiger partial charge in [0, 0.05) is 33.4 Å². The number of aliphatic imine (C=N–C) groups is 1. The molecular weight excluding hydrogens is 403 g/mol. The molecule has 2 heterocycles. The van der Waals surface area contributed by atoms with E-state index in [9.17, 15) is 0 Å². The van der Waals surface area contributed by atoms with Crippen molar-refractivity contribution in [2.75, 3.05) is 33.2 Å². The van der Waals surface area contributed by atoms with Crippen LogP contribution in [0.3, 0.4) is 0 Å². The number of hydrogen-bond acceptors (Lipinski definition) is 3. The van der Waals surface area contributed by atoms with Crippen LogP contribution in [0, 0.1) is 5.92 Å². The van der Waals surface area contributed by atoms with Gasteiger partial charge in [0.2, 0.25) is 0 Å². The molecule has 0 aliphatic carbocycles. The first-order chi connectivity index (χ1) is 10.7. The molecule has 2 rings (SSSR count). The Hall–Kier alpha value is -0.830. The number of piperidine rings is 1. The molecule has 0 saturated carbocycles. The Bertz CT molecular complexity index is 467. The predicted octanol–water partition coefficient (Wildman–Crippen LogP) is 1.83. The molecule has 1 aromatic rings. The maximum absolute atomic E-state index is 4.29. The van der Waals surface area contributed by atoms with Crippen molar-refractivity contribution in [3.8, 4) is 0 Å². The summed E-state index contributed by atoms with van der Waals surface area (Å²) in [5.74, 6) is 1.47. The molecule has 1 aliphatic heterocycles. The van der Waals surface area contributed by atoms with Crippen LogP contribution in [0.2, 0.25) is 0 Å². The fourth-order valence-electron chi connectivity index (χ4n) is 2.89. The Kier molecular flexibility index (Phi) is 9.54. The molecule has 0 bridgehead atoms. The fraction of sp³-hybridized carbons (Fsp3) is 0.750. The molecule has 132 valence electrons. The van der Waals surface area contributed by atoms with Crippen molar-refractivity contribution in [2.45, 2.75) is 32.7 Å². The molecule has 0 radical (unpaired) electrons. The molecule has 0 spiro atoms. The number of aryl methyl sites for hydroxylation is 1. The van der Waals surface area contributed by atoms with E-state index in [4.69, 9.17) is 0 Å². The summed E-state index contributed by atoms with van der Waals surface area (Å²) in [6.45, 7) is 7.68. The van der Waals surface area contributed by atoms with E-state index in [1.165, 1.54) is 38.9 Å². The number of aromatic nitrogens is 2. The average molecular weight is 434 g/mol. The van der Waals surface area contributed by atoms with Crippen LogP contribution in [0.5, 0.6) is 0 Å². The van der Waals surface area contributed by atoms with Crippen LogP contribution in [-0.2, 0) is 13.6 Å². The van der Waals surface area contributed by atoms with Crippen LogP contribution >= 0.6 is 24.0 Å². The molecule has 1 aliphatic rings. The van der Waals surface area contributed by atoms with Gasteiger partial charge >= 0.3 is 0 Å². The Morgan fingerprint density at radius 2 is 2.04 bits per heavy atom. The van der Waals surface area contributed by atoms with Gasteiger partial charge in [0.05, 0.1) is 12.2 Å². The summed E-state index contributed by atoms with van der Waals surface area (Å²) in [4.78, 5) is 6.87. The average Bonchev–Trinajstić information content (AvgIpc) is 2.94. The lowest BCUT2D eigenvalue weighted by molar-refractivity contribution is 0.201. The van der Waals surface area contributed by atoms with Crippen LogP contribution < -0.4 is 10.6 Å². The third kappa shape index (κ3) is 7.07. The van der Waals surface area contributed by atoms with Gasteiger partial charge in [-0.1, -0.05) is 13.3 Å². The third-order valence-electron chi connectivity index (χ3n) is 4.22. The Labute approximate surface area is 157 Å². The Morgan fingerprint density at radius 3 is 2.65 bits per heavy atom. The second kappa shape index (κ2) is 10.9. The third-order valence-corrected chi connectivity index (χ3v) is 4.22. The lowest BCUT2D eigenvalue weighted by Crippen LogP contribution is -2.42. The number of hydrogen-bond donors (Lipinski definition) is 2. The van der Waals surface area contributed by atoms with E-state index >= 15 is 0 Å². The number of nitrogens with zero attached hydrogens (tertiary/aromatic N) is 4. The smallest absolute Gasteiger partial charge is 0.191 e. The zero-order chi connectivity index (χ0) is 15.8. The Balaban J connectivity index is 0.00000264. The van der Waals surface area contributed by atoms with Crippen molar-refractivity contribution in [3.63, 3.8) is 0 Å². The first-order valence-electron chi connectivity index (χ1n) is 8.33. The number of likely N-dealkylation sites (tertiary alicyclic amines) is 1. The summed E-state index contributed by atoms with van der Waals surface area (Å²) in [5.41, 5.74) is 1.14. The fourth-order valence-corrected chi connectivity index (χ4v) is 2.89. The summed E-state index contributed by atoms with van der Waals surface area (Å²) in [6, 6.07) is 2.01. The van der Waals surface area contributed by atoms with Crippen molar-refractivity contribution >= 4 is 29.9 Å². The molecule has 0 aromatic carbocycles. The number of guanidine groups is 1. The largest absolute Gasteiger partial charge is 0.356 e. The van der Waals surface area contributed by atoms with Gasteiger partial charge in [0.15, 0.2) is 5.96 Å². The van der Waals surface area contributed by atoms with Gasteiger partial charge in [-0.3, -0.25) is 9.67 Å². The minimum atomic E-state index is 0. The van der Waals surface area contributed by atoms with Crippen LogP contribution in [0.25, 0.3) is 0 Å². The topological polar surface area (TPSA) is 57.5 Å². The first kappa shape index (κ1) is 20.2. The van der Waals surface area contributed by atoms with Crippen LogP contribution in [0.4, 0.5) is 0 Å². The zero-order valence-electron chi connectivity index (χ0n) is 14.6. The molecular formula is C16H31IN6. The lowest BCUT2D eigenvalue weighted by atomic mass is 10.1. The van der Waals surface area contributed by atoms with E-state index in [0.717, 1.165) is 24.7 Å². The quantitative estimate of drug-likeness (QED) is 0.408. The highest BCUT2D eigenvalue weighted by Gasteiger charge is 2.13. The van der Waals surface area contributed by atoms with Gasteiger partial charge in [-0.15, -0.1) is 24.0 Å². The van der Waals surface area contributed by atoms with Gasteiger partial charge in [-0.25, -0.2) is 0 Å². The van der Waals surface area contributed by atoms with Crippen molar-refractivity contribution in [1.82, 2.24) is 25.3 Å². The minimum Gasteiger partial charge on any atom is -0.356 e. The second-order valence-electron chi connectivity index (χ2n) is 6.22. The van der Waals surface area contributed by atoms with Gasteiger partial charge in [0.25, 0.3) is 0 Å². The highest BCUT2D eigenvalue weighted by Crippen LogP contribution is 2.10. The summed E-state index contributed by atoms with van der Waals surface area (Å²) in [7, 11) is 3.77. The van der Waals surface area contributed by atoms with Gasteiger partial charge in [0.1, 0.15) is 0 Å². The maximum atomic E-state index is 4.29. The molecule has 7 heteroatoms. The van der Waals surface area contributed by atoms with Gasteiger partial charge < -0.3 is 15.5 Å². The molecule has 1 unspecified atom stereocenters. The normalized spacial score (nSPS) is 17.4. The van der Waals surface area contributed by atoms with Crippen LogP contribution in [0.1, 0.15) is 31.9 Å². The molecule has 23 heavy (non-hydrogen) atoms. The van der Waals surface area contributed by atoms with E-state index in [1.807, 2.05) is 31.0 Å². The molecule has 1 saturated heterocycles. The summed E-state index contributed by atoms with van der Waals surface area (Å²) < 4.78 is 1.87. The minimum absolute atomic E-state index is 0. The van der Waals surface area contributed by atoms with E-state index in [0.29, 0.717) is 5.92 Å². The molecule has 1 fully saturated rings. The first-order valence-corrected chi connectivity index (χ1v) is 8.33. The molecule has 6 nitrogen and oxygen atoms in total. The number of nitrogens with one attached hydrogen (secondary N) is 2. The van der Waals surface area contributed by atoms with E-state index in [1.54, 1.807) is 0 Å². The van der Waals surface area contributed by atoms with Gasteiger partial charge in [-0.05, 0) is 37.9 Å². The number of rotatable bonds is 6. The van der Waals surface area contributed by atoms with E-state index in [2.05, 4.69) is 32.5 Å². The highest BCUT2D eigenvalue weighted by atomic mass is 127. The van der Waals surface area contributed by atoms with E-state index < -0.39 is 0 Å². The van der Waals surface area contributed by atoms with Crippen LogP contribution in [0.15, 0.2) is 17.3 Å². The maximum Gasteiger partial charge on any atom is 0.191 e. The summed E-state index contributed by atoms with van der Waals surface area (Å²) in [5, 5.41) is 10.9. The predicted molar refractivity (Wildman–Crippen MR) is 106 cm³/mol. The van der Waals surface area contributed by atoms with Crippen molar-refractivity contribution < 1.29 is 0 Å². The zero-order valence-corrected chi connectivity index (χ0v) is 16.9. The highest BCUT2D eigenvalue weighted by molar-refractivity contribution is 14.0. The standard InChI is InChI=1S/C16H30N6.HI/c1-14(13-22-9-5-4-6-10-22)11-18-16(17-2)19-12-15-7-8-20-21(15)3;/h7-8,14H,4-6,9-13H2,1-3H3,(H2,17,18,19);1H. The van der Waals surface area contributed by atoms with Crippen molar-refractivity contribution in [1.29, 1.82) is 0 Å². The molecule has 2 N–H and O–H groups in total.